The van der Waals surface area contributed by atoms with Crippen LogP contribution in [-0.4, -0.2) is 31.4 Å². The Balaban J connectivity index is 2.38. The molecule has 1 N–H and O–H groups in total. The van der Waals surface area contributed by atoms with Gasteiger partial charge >= 0.3 is 5.97 Å². The molecule has 0 saturated heterocycles. The molecule has 1 atom stereocenters. The van der Waals surface area contributed by atoms with Crippen molar-refractivity contribution in [3.05, 3.63) is 39.2 Å². The first-order valence-corrected chi connectivity index (χ1v) is 7.81. The number of thiazole rings is 1. The molecule has 6 nitrogen and oxygen atoms in total. The molecule has 1 unspecified atom stereocenters. The highest BCUT2D eigenvalue weighted by molar-refractivity contribution is 7.99. The Labute approximate surface area is 123 Å². The Kier molecular flexibility index (Phi) is 4.91. The van der Waals surface area contributed by atoms with E-state index in [-0.39, 0.29) is 17.4 Å². The zero-order valence-corrected chi connectivity index (χ0v) is 12.4. The summed E-state index contributed by atoms with van der Waals surface area (Å²) in [6, 6.07) is 1.33. The lowest BCUT2D eigenvalue weighted by molar-refractivity contribution is -0.133. The number of carboxylic acids is 1. The molecule has 0 aromatic carbocycles. The highest BCUT2D eigenvalue weighted by Crippen LogP contribution is 2.27. The Morgan fingerprint density at radius 3 is 3.00 bits per heavy atom. The number of nitrogens with zero attached hydrogens (tertiary/aromatic N) is 3. The second-order valence-electron chi connectivity index (χ2n) is 3.93. The Hall–Kier alpha value is -1.67. The van der Waals surface area contributed by atoms with Crippen LogP contribution in [0.2, 0.25) is 0 Å². The van der Waals surface area contributed by atoms with Crippen LogP contribution in [0.5, 0.6) is 0 Å². The molecule has 0 aliphatic rings. The summed E-state index contributed by atoms with van der Waals surface area (Å²) in [6.45, 7) is 2.01. The Morgan fingerprint density at radius 2 is 2.40 bits per heavy atom. The molecule has 2 heterocycles. The van der Waals surface area contributed by atoms with Crippen LogP contribution in [-0.2, 0) is 4.79 Å². The molecule has 0 aliphatic heterocycles. The molecule has 2 rings (SSSR count). The molecular weight excluding hydrogens is 298 g/mol. The van der Waals surface area contributed by atoms with Gasteiger partial charge in [-0.3, -0.25) is 9.59 Å². The molecule has 106 valence electrons. The molecule has 0 saturated carbocycles. The topological polar surface area (TPSA) is 85.1 Å². The van der Waals surface area contributed by atoms with Crippen LogP contribution in [0.4, 0.5) is 0 Å². The number of carbonyl (C=O) groups is 1. The van der Waals surface area contributed by atoms with Crippen molar-refractivity contribution < 1.29 is 9.90 Å². The standard InChI is InChI=1S/C12H13N3O3S2/c1-2-8(11-13-4-6-19-11)15-5-3-9(16)14-12(15)20-7-10(17)18/h3-6,8H,2,7H2,1H3,(H,17,18). The number of aliphatic carboxylic acids is 1. The van der Waals surface area contributed by atoms with Crippen LogP contribution >= 0.6 is 23.1 Å². The van der Waals surface area contributed by atoms with Crippen LogP contribution in [0, 0.1) is 0 Å². The smallest absolute Gasteiger partial charge is 0.313 e. The lowest BCUT2D eigenvalue weighted by Crippen LogP contribution is -2.18. The lowest BCUT2D eigenvalue weighted by Gasteiger charge is -2.19. The van der Waals surface area contributed by atoms with E-state index in [9.17, 15) is 9.59 Å². The monoisotopic (exact) mass is 311 g/mol. The van der Waals surface area contributed by atoms with Crippen molar-refractivity contribution >= 4 is 29.1 Å². The van der Waals surface area contributed by atoms with Crippen molar-refractivity contribution in [2.24, 2.45) is 0 Å². The summed E-state index contributed by atoms with van der Waals surface area (Å²) in [5.74, 6) is -1.08. The summed E-state index contributed by atoms with van der Waals surface area (Å²) in [4.78, 5) is 30.3. The van der Waals surface area contributed by atoms with Crippen molar-refractivity contribution in [2.75, 3.05) is 5.75 Å². The van der Waals surface area contributed by atoms with Gasteiger partial charge in [0.25, 0.3) is 5.56 Å². The van der Waals surface area contributed by atoms with Gasteiger partial charge in [-0.05, 0) is 6.42 Å². The lowest BCUT2D eigenvalue weighted by atomic mass is 10.2. The Morgan fingerprint density at radius 1 is 1.60 bits per heavy atom. The fraction of sp³-hybridized carbons (Fsp3) is 0.333. The van der Waals surface area contributed by atoms with Crippen molar-refractivity contribution in [1.82, 2.24) is 14.5 Å². The van der Waals surface area contributed by atoms with E-state index in [0.717, 1.165) is 23.2 Å². The molecule has 2 aromatic heterocycles. The van der Waals surface area contributed by atoms with E-state index in [1.165, 1.54) is 17.4 Å². The van der Waals surface area contributed by atoms with Gasteiger partial charge in [-0.25, -0.2) is 4.98 Å². The number of aromatic nitrogens is 3. The minimum Gasteiger partial charge on any atom is -0.481 e. The molecule has 8 heteroatoms. The third-order valence-corrected chi connectivity index (χ3v) is 4.42. The number of thioether (sulfide) groups is 1. The SMILES string of the molecule is CCC(c1nccs1)n1ccc(=O)nc1SCC(=O)O. The zero-order chi connectivity index (χ0) is 14.5. The second-order valence-corrected chi connectivity index (χ2v) is 5.80. The van der Waals surface area contributed by atoms with Gasteiger partial charge in [0.1, 0.15) is 5.01 Å². The largest absolute Gasteiger partial charge is 0.481 e. The van der Waals surface area contributed by atoms with Gasteiger partial charge in [0, 0.05) is 23.8 Å². The van der Waals surface area contributed by atoms with Crippen LogP contribution in [0.15, 0.2) is 33.8 Å². The molecular formula is C12H13N3O3S2. The molecule has 0 spiro atoms. The maximum absolute atomic E-state index is 11.4. The second kappa shape index (κ2) is 6.67. The average molecular weight is 311 g/mol. The summed E-state index contributed by atoms with van der Waals surface area (Å²) in [7, 11) is 0. The van der Waals surface area contributed by atoms with Crippen molar-refractivity contribution in [3.8, 4) is 0 Å². The predicted octanol–water partition coefficient (Wildman–Crippen LogP) is 1.88. The minimum atomic E-state index is -0.943. The highest BCUT2D eigenvalue weighted by atomic mass is 32.2. The number of hydrogen-bond donors (Lipinski definition) is 1. The van der Waals surface area contributed by atoms with Crippen molar-refractivity contribution in [3.63, 3.8) is 0 Å². The van der Waals surface area contributed by atoms with E-state index in [1.54, 1.807) is 12.4 Å². The third kappa shape index (κ3) is 3.45. The third-order valence-electron chi connectivity index (χ3n) is 2.59. The minimum absolute atomic E-state index is 0.0422. The summed E-state index contributed by atoms with van der Waals surface area (Å²) in [6.07, 6.45) is 4.15. The number of rotatable bonds is 6. The molecule has 0 bridgehead atoms. The molecule has 2 aromatic rings. The van der Waals surface area contributed by atoms with E-state index >= 15 is 0 Å². The van der Waals surface area contributed by atoms with Crippen molar-refractivity contribution in [2.45, 2.75) is 24.5 Å². The summed E-state index contributed by atoms with van der Waals surface area (Å²) in [5.41, 5.74) is -0.372. The molecule has 0 radical (unpaired) electrons. The Bertz CT molecular complexity index is 640. The predicted molar refractivity (Wildman–Crippen MR) is 77.4 cm³/mol. The van der Waals surface area contributed by atoms with Crippen LogP contribution in [0.1, 0.15) is 24.4 Å². The van der Waals surface area contributed by atoms with Gasteiger partial charge in [-0.15, -0.1) is 11.3 Å². The number of hydrogen-bond acceptors (Lipinski definition) is 6. The summed E-state index contributed by atoms with van der Waals surface area (Å²) in [5, 5.41) is 12.0. The first kappa shape index (κ1) is 14.7. The van der Waals surface area contributed by atoms with Crippen molar-refractivity contribution in [1.29, 1.82) is 0 Å². The molecule has 20 heavy (non-hydrogen) atoms. The fourth-order valence-electron chi connectivity index (χ4n) is 1.76. The summed E-state index contributed by atoms with van der Waals surface area (Å²) >= 11 is 2.56. The quantitative estimate of drug-likeness (QED) is 0.647. The van der Waals surface area contributed by atoms with E-state index in [1.807, 2.05) is 16.9 Å². The van der Waals surface area contributed by atoms with Crippen LogP contribution in [0.25, 0.3) is 0 Å². The van der Waals surface area contributed by atoms with Gasteiger partial charge in [0.15, 0.2) is 5.16 Å². The van der Waals surface area contributed by atoms with E-state index < -0.39 is 5.97 Å². The van der Waals surface area contributed by atoms with E-state index in [4.69, 9.17) is 5.11 Å². The van der Waals surface area contributed by atoms with Crippen LogP contribution < -0.4 is 5.56 Å². The van der Waals surface area contributed by atoms with Crippen LogP contribution in [0.3, 0.4) is 0 Å². The van der Waals surface area contributed by atoms with E-state index in [2.05, 4.69) is 9.97 Å². The molecule has 0 aliphatic carbocycles. The number of carboxylic acid groups (broad SMARTS) is 1. The first-order chi connectivity index (χ1) is 9.61. The van der Waals surface area contributed by atoms with E-state index in [0.29, 0.717) is 5.16 Å². The van der Waals surface area contributed by atoms with Gasteiger partial charge in [-0.2, -0.15) is 4.98 Å². The molecule has 0 fully saturated rings. The fourth-order valence-corrected chi connectivity index (χ4v) is 3.32. The van der Waals surface area contributed by atoms with Gasteiger partial charge in [0.05, 0.1) is 11.8 Å². The highest BCUT2D eigenvalue weighted by Gasteiger charge is 2.18. The average Bonchev–Trinajstić information content (AvgIpc) is 2.93. The van der Waals surface area contributed by atoms with Gasteiger partial charge < -0.3 is 9.67 Å². The molecule has 0 amide bonds. The normalized spacial score (nSPS) is 12.2. The maximum Gasteiger partial charge on any atom is 0.313 e. The maximum atomic E-state index is 11.4. The van der Waals surface area contributed by atoms with Gasteiger partial charge in [0.2, 0.25) is 0 Å². The summed E-state index contributed by atoms with van der Waals surface area (Å²) < 4.78 is 1.81. The zero-order valence-electron chi connectivity index (χ0n) is 10.7. The first-order valence-electron chi connectivity index (χ1n) is 5.95. The van der Waals surface area contributed by atoms with Gasteiger partial charge in [-0.1, -0.05) is 18.7 Å².